The monoisotopic (exact) mass is 300 g/mol. The lowest BCUT2D eigenvalue weighted by atomic mass is 10.0. The second kappa shape index (κ2) is 6.58. The Kier molecular flexibility index (Phi) is 6.04. The summed E-state index contributed by atoms with van der Waals surface area (Å²) in [6, 6.07) is 2.16. The lowest BCUT2D eigenvalue weighted by Gasteiger charge is -2.14. The number of nitro groups is 1. The molecule has 2 N–H and O–H groups in total. The predicted molar refractivity (Wildman–Crippen MR) is 64.5 cm³/mol. The number of hydrogen-bond donors (Lipinski definition) is 1. The van der Waals surface area contributed by atoms with Crippen LogP contribution in [0.25, 0.3) is 0 Å². The van der Waals surface area contributed by atoms with Crippen molar-refractivity contribution in [2.75, 3.05) is 7.11 Å². The first kappa shape index (κ1) is 17.5. The van der Waals surface area contributed by atoms with Gasteiger partial charge in [0.1, 0.15) is 0 Å². The third-order valence-electron chi connectivity index (χ3n) is 2.28. The van der Waals surface area contributed by atoms with Crippen molar-refractivity contribution in [3.8, 4) is 5.75 Å². The molecule has 5 nitrogen and oxygen atoms in total. The van der Waals surface area contributed by atoms with Crippen LogP contribution in [0.3, 0.4) is 0 Å². The normalized spacial score (nSPS) is 12.5. The van der Waals surface area contributed by atoms with Crippen LogP contribution < -0.4 is 10.5 Å². The highest BCUT2D eigenvalue weighted by atomic mass is 35.5. The third kappa shape index (κ3) is 4.92. The standard InChI is InChI=1S/C10H11F3N2O3.ClH/c1-18-9-3-2-6(4-8(9)15(16)17)7(14)5-10(11,12)13;/h2-4,7H,5,14H2,1H3;1H/t7-;/m1./s1. The van der Waals surface area contributed by atoms with Gasteiger partial charge in [-0.05, 0) is 11.6 Å². The molecule has 0 unspecified atom stereocenters. The van der Waals surface area contributed by atoms with Gasteiger partial charge in [-0.3, -0.25) is 10.1 Å². The molecule has 0 aliphatic heterocycles. The van der Waals surface area contributed by atoms with Gasteiger partial charge in [0, 0.05) is 12.1 Å². The highest BCUT2D eigenvalue weighted by Crippen LogP contribution is 2.33. The van der Waals surface area contributed by atoms with Gasteiger partial charge in [0.05, 0.1) is 18.5 Å². The number of alkyl halides is 3. The van der Waals surface area contributed by atoms with Gasteiger partial charge < -0.3 is 10.5 Å². The van der Waals surface area contributed by atoms with Crippen molar-refractivity contribution >= 4 is 18.1 Å². The van der Waals surface area contributed by atoms with Gasteiger partial charge >= 0.3 is 11.9 Å². The molecule has 0 bridgehead atoms. The van der Waals surface area contributed by atoms with Crippen LogP contribution >= 0.6 is 12.4 Å². The zero-order valence-corrected chi connectivity index (χ0v) is 10.6. The number of hydrogen-bond acceptors (Lipinski definition) is 4. The summed E-state index contributed by atoms with van der Waals surface area (Å²) in [6.07, 6.45) is -5.66. The fourth-order valence-electron chi connectivity index (χ4n) is 1.45. The zero-order chi connectivity index (χ0) is 13.9. The minimum Gasteiger partial charge on any atom is -0.490 e. The maximum absolute atomic E-state index is 12.2. The first-order valence-corrected chi connectivity index (χ1v) is 4.89. The quantitative estimate of drug-likeness (QED) is 0.685. The van der Waals surface area contributed by atoms with Crippen LogP contribution in [0, 0.1) is 10.1 Å². The molecule has 0 aliphatic rings. The fourth-order valence-corrected chi connectivity index (χ4v) is 1.45. The summed E-state index contributed by atoms with van der Waals surface area (Å²) >= 11 is 0. The highest BCUT2D eigenvalue weighted by molar-refractivity contribution is 5.85. The molecule has 0 heterocycles. The summed E-state index contributed by atoms with van der Waals surface area (Å²) < 4.78 is 41.2. The SMILES string of the molecule is COc1ccc([C@H](N)CC(F)(F)F)cc1[N+](=O)[O-].Cl. The minimum absolute atomic E-state index is 0. The van der Waals surface area contributed by atoms with Crippen molar-refractivity contribution in [2.45, 2.75) is 18.6 Å². The molecule has 0 saturated carbocycles. The van der Waals surface area contributed by atoms with Crippen molar-refractivity contribution in [3.63, 3.8) is 0 Å². The van der Waals surface area contributed by atoms with Crippen LogP contribution in [-0.4, -0.2) is 18.2 Å². The van der Waals surface area contributed by atoms with E-state index in [9.17, 15) is 23.3 Å². The van der Waals surface area contributed by atoms with Gasteiger partial charge in [0.15, 0.2) is 5.75 Å². The average Bonchev–Trinajstić information content (AvgIpc) is 2.25. The van der Waals surface area contributed by atoms with Crippen molar-refractivity contribution in [2.24, 2.45) is 5.73 Å². The third-order valence-corrected chi connectivity index (χ3v) is 2.28. The number of halogens is 4. The molecule has 0 aromatic heterocycles. The Morgan fingerprint density at radius 1 is 1.47 bits per heavy atom. The molecule has 0 aliphatic carbocycles. The Morgan fingerprint density at radius 2 is 2.05 bits per heavy atom. The largest absolute Gasteiger partial charge is 0.490 e. The fraction of sp³-hybridized carbons (Fsp3) is 0.400. The number of nitrogens with zero attached hydrogens (tertiary/aromatic N) is 1. The number of rotatable bonds is 4. The molecule has 1 aromatic rings. The first-order valence-electron chi connectivity index (χ1n) is 4.89. The molecule has 0 radical (unpaired) electrons. The van der Waals surface area contributed by atoms with E-state index >= 15 is 0 Å². The van der Waals surface area contributed by atoms with Gasteiger partial charge in [-0.25, -0.2) is 0 Å². The minimum atomic E-state index is -4.42. The molecule has 9 heteroatoms. The maximum atomic E-state index is 12.2. The molecule has 19 heavy (non-hydrogen) atoms. The maximum Gasteiger partial charge on any atom is 0.390 e. The van der Waals surface area contributed by atoms with E-state index < -0.39 is 29.2 Å². The molecule has 0 spiro atoms. The van der Waals surface area contributed by atoms with Crippen LogP contribution in [0.5, 0.6) is 5.75 Å². The van der Waals surface area contributed by atoms with Crippen LogP contribution in [0.4, 0.5) is 18.9 Å². The van der Waals surface area contributed by atoms with E-state index in [1.165, 1.54) is 19.2 Å². The van der Waals surface area contributed by atoms with Gasteiger partial charge in [0.2, 0.25) is 0 Å². The van der Waals surface area contributed by atoms with Gasteiger partial charge in [0.25, 0.3) is 0 Å². The summed E-state index contributed by atoms with van der Waals surface area (Å²) in [6.45, 7) is 0. The average molecular weight is 301 g/mol. The smallest absolute Gasteiger partial charge is 0.390 e. The number of methoxy groups -OCH3 is 1. The highest BCUT2D eigenvalue weighted by Gasteiger charge is 2.31. The first-order chi connectivity index (χ1) is 8.24. The second-order valence-electron chi connectivity index (χ2n) is 3.61. The molecule has 0 saturated heterocycles. The lowest BCUT2D eigenvalue weighted by Crippen LogP contribution is -2.20. The van der Waals surface area contributed by atoms with E-state index in [1.54, 1.807) is 0 Å². The van der Waals surface area contributed by atoms with E-state index in [1.807, 2.05) is 0 Å². The Morgan fingerprint density at radius 3 is 2.47 bits per heavy atom. The number of benzene rings is 1. The number of nitro benzene ring substituents is 1. The molecule has 1 atom stereocenters. The summed E-state index contributed by atoms with van der Waals surface area (Å²) in [7, 11) is 1.23. The Hall–Kier alpha value is -1.54. The molecular weight excluding hydrogens is 289 g/mol. The van der Waals surface area contributed by atoms with Crippen LogP contribution in [0.1, 0.15) is 18.0 Å². The molecule has 108 valence electrons. The summed E-state index contributed by atoms with van der Waals surface area (Å²) in [4.78, 5) is 9.97. The molecule has 0 fully saturated rings. The molecule has 1 aromatic carbocycles. The summed E-state index contributed by atoms with van der Waals surface area (Å²) in [5, 5.41) is 10.7. The zero-order valence-electron chi connectivity index (χ0n) is 9.81. The van der Waals surface area contributed by atoms with Crippen LogP contribution in [-0.2, 0) is 0 Å². The van der Waals surface area contributed by atoms with Crippen molar-refractivity contribution in [3.05, 3.63) is 33.9 Å². The van der Waals surface area contributed by atoms with Crippen molar-refractivity contribution in [1.82, 2.24) is 0 Å². The van der Waals surface area contributed by atoms with E-state index in [4.69, 9.17) is 10.5 Å². The van der Waals surface area contributed by atoms with Gasteiger partial charge in [-0.2, -0.15) is 13.2 Å². The van der Waals surface area contributed by atoms with Gasteiger partial charge in [-0.1, -0.05) is 6.07 Å². The van der Waals surface area contributed by atoms with E-state index in [2.05, 4.69) is 0 Å². The predicted octanol–water partition coefficient (Wildman–Crippen LogP) is 2.98. The second-order valence-corrected chi connectivity index (χ2v) is 3.61. The molecule has 0 amide bonds. The number of nitrogens with two attached hydrogens (primary N) is 1. The van der Waals surface area contributed by atoms with Crippen LogP contribution in [0.2, 0.25) is 0 Å². The van der Waals surface area contributed by atoms with Crippen LogP contribution in [0.15, 0.2) is 18.2 Å². The Balaban J connectivity index is 0.00000324. The lowest BCUT2D eigenvalue weighted by molar-refractivity contribution is -0.385. The Labute approximate surface area is 113 Å². The van der Waals surface area contributed by atoms with Crippen molar-refractivity contribution < 1.29 is 22.8 Å². The van der Waals surface area contributed by atoms with Gasteiger partial charge in [-0.15, -0.1) is 12.4 Å². The molecule has 1 rings (SSSR count). The van der Waals surface area contributed by atoms with E-state index in [-0.39, 0.29) is 23.7 Å². The van der Waals surface area contributed by atoms with E-state index in [0.717, 1.165) is 6.07 Å². The topological polar surface area (TPSA) is 78.4 Å². The number of ether oxygens (including phenoxy) is 1. The van der Waals surface area contributed by atoms with Crippen molar-refractivity contribution in [1.29, 1.82) is 0 Å². The van der Waals surface area contributed by atoms with E-state index in [0.29, 0.717) is 0 Å². The summed E-state index contributed by atoms with van der Waals surface area (Å²) in [5.41, 5.74) is 4.99. The molecular formula is C10H12ClF3N2O3. The Bertz CT molecular complexity index is 454. The summed E-state index contributed by atoms with van der Waals surface area (Å²) in [5.74, 6) is -0.0250.